The highest BCUT2D eigenvalue weighted by Gasteiger charge is 2.51. The Kier molecular flexibility index (Phi) is 5.57. The van der Waals surface area contributed by atoms with Crippen molar-refractivity contribution >= 4 is 5.97 Å². The number of carboxylic acids is 1. The van der Waals surface area contributed by atoms with Crippen LogP contribution < -0.4 is 0 Å². The Morgan fingerprint density at radius 3 is 2.54 bits per heavy atom. The van der Waals surface area contributed by atoms with Gasteiger partial charge in [-0.1, -0.05) is 50.1 Å². The number of hydrogen-bond donors (Lipinski definition) is 1. The van der Waals surface area contributed by atoms with Gasteiger partial charge in [0, 0.05) is 12.5 Å². The number of aliphatic carboxylic acids is 1. The smallest absolute Gasteiger partial charge is 0.340 e. The van der Waals surface area contributed by atoms with E-state index in [-0.39, 0.29) is 12.0 Å². The number of carbonyl (C=O) groups is 1. The standard InChI is InChI=1S/C20H29NO3/c1-2-21-14-8-13-18(15-21)24-20(19(22)23,17-11-6-7-12-17)16-9-4-3-5-10-16/h3-5,9-10,17-18H,2,6-8,11-15H2,1H3,(H,22,23). The van der Waals surface area contributed by atoms with E-state index in [9.17, 15) is 9.90 Å². The largest absolute Gasteiger partial charge is 0.479 e. The van der Waals surface area contributed by atoms with Crippen molar-refractivity contribution in [2.24, 2.45) is 5.92 Å². The van der Waals surface area contributed by atoms with Gasteiger partial charge in [0.25, 0.3) is 0 Å². The summed E-state index contributed by atoms with van der Waals surface area (Å²) in [5.74, 6) is -0.761. The lowest BCUT2D eigenvalue weighted by atomic mass is 9.79. The summed E-state index contributed by atoms with van der Waals surface area (Å²) in [7, 11) is 0. The molecule has 1 aliphatic carbocycles. The summed E-state index contributed by atoms with van der Waals surface area (Å²) in [6.07, 6.45) is 6.09. The number of ether oxygens (including phenoxy) is 1. The molecule has 4 heteroatoms. The van der Waals surface area contributed by atoms with Gasteiger partial charge in [0.05, 0.1) is 6.10 Å². The van der Waals surface area contributed by atoms with Crippen molar-refractivity contribution in [2.45, 2.75) is 57.2 Å². The molecule has 1 saturated carbocycles. The van der Waals surface area contributed by atoms with Crippen LogP contribution in [0, 0.1) is 5.92 Å². The summed E-state index contributed by atoms with van der Waals surface area (Å²) in [6.45, 7) is 5.08. The van der Waals surface area contributed by atoms with Gasteiger partial charge in [-0.25, -0.2) is 4.79 Å². The Bertz CT molecular complexity index is 541. The maximum absolute atomic E-state index is 12.5. The predicted octanol–water partition coefficient (Wildman–Crippen LogP) is 3.66. The van der Waals surface area contributed by atoms with E-state index < -0.39 is 11.6 Å². The summed E-state index contributed by atoms with van der Waals surface area (Å²) in [4.78, 5) is 14.9. The third-order valence-corrected chi connectivity index (χ3v) is 5.71. The Labute approximate surface area is 144 Å². The molecule has 1 heterocycles. The number of piperidine rings is 1. The molecule has 24 heavy (non-hydrogen) atoms. The molecule has 0 amide bonds. The van der Waals surface area contributed by atoms with Gasteiger partial charge in [-0.3, -0.25) is 0 Å². The van der Waals surface area contributed by atoms with Gasteiger partial charge in [-0.2, -0.15) is 0 Å². The number of nitrogens with zero attached hydrogens (tertiary/aromatic N) is 1. The predicted molar refractivity (Wildman–Crippen MR) is 93.9 cm³/mol. The van der Waals surface area contributed by atoms with Crippen molar-refractivity contribution in [1.82, 2.24) is 4.90 Å². The fraction of sp³-hybridized carbons (Fsp3) is 0.650. The monoisotopic (exact) mass is 331 g/mol. The molecular weight excluding hydrogens is 302 g/mol. The molecule has 4 nitrogen and oxygen atoms in total. The molecule has 2 fully saturated rings. The molecule has 1 saturated heterocycles. The van der Waals surface area contributed by atoms with Crippen LogP contribution in [-0.4, -0.2) is 41.7 Å². The highest BCUT2D eigenvalue weighted by molar-refractivity contribution is 5.80. The first-order chi connectivity index (χ1) is 11.7. The van der Waals surface area contributed by atoms with E-state index in [1.807, 2.05) is 30.3 Å². The van der Waals surface area contributed by atoms with E-state index in [1.54, 1.807) is 0 Å². The van der Waals surface area contributed by atoms with Crippen molar-refractivity contribution < 1.29 is 14.6 Å². The number of hydrogen-bond acceptors (Lipinski definition) is 3. The Morgan fingerprint density at radius 1 is 1.21 bits per heavy atom. The molecular formula is C20H29NO3. The minimum Gasteiger partial charge on any atom is -0.479 e. The molecule has 2 atom stereocenters. The zero-order valence-corrected chi connectivity index (χ0v) is 14.6. The summed E-state index contributed by atoms with van der Waals surface area (Å²) >= 11 is 0. The van der Waals surface area contributed by atoms with Gasteiger partial charge >= 0.3 is 5.97 Å². The van der Waals surface area contributed by atoms with Crippen molar-refractivity contribution in [2.75, 3.05) is 19.6 Å². The van der Waals surface area contributed by atoms with Crippen LogP contribution in [0.2, 0.25) is 0 Å². The van der Waals surface area contributed by atoms with Gasteiger partial charge in [-0.05, 0) is 44.3 Å². The SMILES string of the molecule is CCN1CCCC(OC(C(=O)O)(c2ccccc2)C2CCCC2)C1. The van der Waals surface area contributed by atoms with E-state index in [2.05, 4.69) is 11.8 Å². The Hall–Kier alpha value is -1.39. The average molecular weight is 331 g/mol. The first-order valence-electron chi connectivity index (χ1n) is 9.36. The summed E-state index contributed by atoms with van der Waals surface area (Å²) in [5, 5.41) is 10.3. The van der Waals surface area contributed by atoms with E-state index in [0.717, 1.165) is 63.7 Å². The van der Waals surface area contributed by atoms with E-state index in [4.69, 9.17) is 4.74 Å². The quantitative estimate of drug-likeness (QED) is 0.864. The highest BCUT2D eigenvalue weighted by atomic mass is 16.5. The van der Waals surface area contributed by atoms with Crippen LogP contribution in [0.25, 0.3) is 0 Å². The second-order valence-electron chi connectivity index (χ2n) is 7.16. The fourth-order valence-corrected chi connectivity index (χ4v) is 4.43. The molecule has 2 aliphatic rings. The number of rotatable bonds is 6. The second-order valence-corrected chi connectivity index (χ2v) is 7.16. The molecule has 0 aromatic heterocycles. The van der Waals surface area contributed by atoms with E-state index in [1.165, 1.54) is 0 Å². The number of likely N-dealkylation sites (N-methyl/N-ethyl adjacent to an activating group) is 1. The molecule has 1 aromatic rings. The summed E-state index contributed by atoms with van der Waals surface area (Å²) < 4.78 is 6.50. The topological polar surface area (TPSA) is 49.8 Å². The number of carboxylic acid groups (broad SMARTS) is 1. The van der Waals surface area contributed by atoms with Gasteiger partial charge in [-0.15, -0.1) is 0 Å². The number of benzene rings is 1. The van der Waals surface area contributed by atoms with Crippen LogP contribution in [0.5, 0.6) is 0 Å². The zero-order valence-electron chi connectivity index (χ0n) is 14.6. The van der Waals surface area contributed by atoms with Crippen molar-refractivity contribution in [3.63, 3.8) is 0 Å². The van der Waals surface area contributed by atoms with Crippen LogP contribution in [0.1, 0.15) is 51.0 Å². The maximum Gasteiger partial charge on any atom is 0.340 e. The normalized spacial score (nSPS) is 25.5. The summed E-state index contributed by atoms with van der Waals surface area (Å²) in [6, 6.07) is 9.62. The van der Waals surface area contributed by atoms with Gasteiger partial charge < -0.3 is 14.7 Å². The van der Waals surface area contributed by atoms with Crippen LogP contribution in [0.15, 0.2) is 30.3 Å². The van der Waals surface area contributed by atoms with Gasteiger partial charge in [0.15, 0.2) is 5.60 Å². The first-order valence-corrected chi connectivity index (χ1v) is 9.36. The maximum atomic E-state index is 12.5. The molecule has 1 aromatic carbocycles. The van der Waals surface area contributed by atoms with Gasteiger partial charge in [0.2, 0.25) is 0 Å². The Morgan fingerprint density at radius 2 is 1.92 bits per heavy atom. The second kappa shape index (κ2) is 7.66. The molecule has 0 radical (unpaired) electrons. The molecule has 1 N–H and O–H groups in total. The number of likely N-dealkylation sites (tertiary alicyclic amines) is 1. The van der Waals surface area contributed by atoms with E-state index in [0.29, 0.717) is 0 Å². The minimum atomic E-state index is -1.20. The van der Waals surface area contributed by atoms with Crippen molar-refractivity contribution in [3.05, 3.63) is 35.9 Å². The van der Waals surface area contributed by atoms with Crippen LogP contribution in [0.4, 0.5) is 0 Å². The molecule has 3 rings (SSSR count). The van der Waals surface area contributed by atoms with Crippen LogP contribution >= 0.6 is 0 Å². The molecule has 2 unspecified atom stereocenters. The van der Waals surface area contributed by atoms with E-state index >= 15 is 0 Å². The third-order valence-electron chi connectivity index (χ3n) is 5.71. The average Bonchev–Trinajstić information content (AvgIpc) is 3.15. The minimum absolute atomic E-state index is 0.00407. The lowest BCUT2D eigenvalue weighted by molar-refractivity contribution is -0.193. The molecule has 1 aliphatic heterocycles. The first kappa shape index (κ1) is 17.4. The van der Waals surface area contributed by atoms with Crippen LogP contribution in [0.3, 0.4) is 0 Å². The molecule has 0 spiro atoms. The fourth-order valence-electron chi connectivity index (χ4n) is 4.43. The molecule has 132 valence electrons. The lowest BCUT2D eigenvalue weighted by Gasteiger charge is -2.41. The van der Waals surface area contributed by atoms with Crippen molar-refractivity contribution in [1.29, 1.82) is 0 Å². The highest BCUT2D eigenvalue weighted by Crippen LogP contribution is 2.45. The third kappa shape index (κ3) is 3.35. The van der Waals surface area contributed by atoms with Gasteiger partial charge in [0.1, 0.15) is 0 Å². The lowest BCUT2D eigenvalue weighted by Crippen LogP contribution is -2.50. The Balaban J connectivity index is 1.93. The van der Waals surface area contributed by atoms with Crippen molar-refractivity contribution in [3.8, 4) is 0 Å². The van der Waals surface area contributed by atoms with Crippen LogP contribution in [-0.2, 0) is 15.1 Å². The summed E-state index contributed by atoms with van der Waals surface area (Å²) in [5.41, 5.74) is -0.392. The molecule has 0 bridgehead atoms. The zero-order chi connectivity index (χ0) is 17.0.